The fraction of sp³-hybridized carbons (Fsp3) is 0.200. The quantitative estimate of drug-likeness (QED) is 0.528. The van der Waals surface area contributed by atoms with Crippen LogP contribution in [0, 0.1) is 4.77 Å². The minimum Gasteiger partial charge on any atom is -0.400 e. The van der Waals surface area contributed by atoms with Gasteiger partial charge < -0.3 is 10.1 Å². The summed E-state index contributed by atoms with van der Waals surface area (Å²) in [6.45, 7) is 0. The molecule has 0 unspecified atom stereocenters. The van der Waals surface area contributed by atoms with Crippen molar-refractivity contribution >= 4 is 12.2 Å². The van der Waals surface area contributed by atoms with Gasteiger partial charge in [0.2, 0.25) is 0 Å². The first-order valence-corrected chi connectivity index (χ1v) is 2.75. The van der Waals surface area contributed by atoms with Crippen molar-refractivity contribution < 1.29 is 5.11 Å². The maximum absolute atomic E-state index is 7.00. The molecule has 0 aliphatic carbocycles. The highest BCUT2D eigenvalue weighted by atomic mass is 32.1. The number of aromatic amines is 1. The van der Waals surface area contributed by atoms with Crippen molar-refractivity contribution in [2.24, 2.45) is 0 Å². The summed E-state index contributed by atoms with van der Waals surface area (Å²) in [6.07, 6.45) is 3.40. The minimum atomic E-state index is 0.530. The van der Waals surface area contributed by atoms with Gasteiger partial charge >= 0.3 is 0 Å². The van der Waals surface area contributed by atoms with Gasteiger partial charge in [-0.05, 0) is 18.3 Å². The lowest BCUT2D eigenvalue weighted by molar-refractivity contribution is 0.399. The molecule has 0 spiro atoms. The molecule has 0 amide bonds. The van der Waals surface area contributed by atoms with E-state index in [0.29, 0.717) is 4.77 Å². The molecular formula is C5H8N2OS. The zero-order chi connectivity index (χ0) is 7.11. The van der Waals surface area contributed by atoms with Gasteiger partial charge in [0, 0.05) is 19.5 Å². The van der Waals surface area contributed by atoms with Gasteiger partial charge in [0.05, 0.1) is 0 Å². The molecule has 1 aromatic rings. The monoisotopic (exact) mass is 144 g/mol. The van der Waals surface area contributed by atoms with Crippen LogP contribution in [-0.2, 0) is 0 Å². The van der Waals surface area contributed by atoms with E-state index in [-0.39, 0.29) is 0 Å². The summed E-state index contributed by atoms with van der Waals surface area (Å²) >= 11 is 4.65. The van der Waals surface area contributed by atoms with E-state index in [1.807, 2.05) is 0 Å². The molecule has 0 fully saturated rings. The third-order valence-electron chi connectivity index (χ3n) is 0.581. The number of aliphatic hydroxyl groups excluding tert-OH is 1. The number of rotatable bonds is 0. The predicted molar refractivity (Wildman–Crippen MR) is 37.6 cm³/mol. The maximum Gasteiger partial charge on any atom is 0.196 e. The van der Waals surface area contributed by atoms with Crippen molar-refractivity contribution in [3.8, 4) is 0 Å². The lowest BCUT2D eigenvalue weighted by Gasteiger charge is -1.75. The Morgan fingerprint density at radius 2 is 2.33 bits per heavy atom. The first-order valence-electron chi connectivity index (χ1n) is 2.34. The molecule has 3 nitrogen and oxygen atoms in total. The highest BCUT2D eigenvalue weighted by Gasteiger charge is 1.66. The second-order valence-corrected chi connectivity index (χ2v) is 1.47. The van der Waals surface area contributed by atoms with Crippen molar-refractivity contribution in [1.82, 2.24) is 9.97 Å². The average molecular weight is 144 g/mol. The predicted octanol–water partition coefficient (Wildman–Crippen LogP) is 0.748. The molecule has 1 aromatic heterocycles. The van der Waals surface area contributed by atoms with Crippen molar-refractivity contribution in [2.45, 2.75) is 0 Å². The molecule has 0 saturated heterocycles. The third-order valence-corrected chi connectivity index (χ3v) is 0.804. The van der Waals surface area contributed by atoms with Crippen LogP contribution in [0.25, 0.3) is 0 Å². The molecule has 2 N–H and O–H groups in total. The molecule has 9 heavy (non-hydrogen) atoms. The Balaban J connectivity index is 0.000000291. The number of hydrogen-bond acceptors (Lipinski definition) is 3. The topological polar surface area (TPSA) is 48.9 Å². The summed E-state index contributed by atoms with van der Waals surface area (Å²) in [5, 5.41) is 7.00. The largest absolute Gasteiger partial charge is 0.400 e. The van der Waals surface area contributed by atoms with E-state index in [0.717, 1.165) is 7.11 Å². The van der Waals surface area contributed by atoms with Crippen LogP contribution in [0.3, 0.4) is 0 Å². The summed E-state index contributed by atoms with van der Waals surface area (Å²) in [5.74, 6) is 0. The maximum atomic E-state index is 7.00. The normalized spacial score (nSPS) is 7.33. The highest BCUT2D eigenvalue weighted by Crippen LogP contribution is 1.73. The van der Waals surface area contributed by atoms with Gasteiger partial charge in [-0.2, -0.15) is 0 Å². The van der Waals surface area contributed by atoms with Gasteiger partial charge in [-0.15, -0.1) is 0 Å². The standard InChI is InChI=1S/C4H4N2S.CH4O/c7-4-5-2-1-3-6-4;1-2/h1-3H,(H,5,6,7);2H,1H3. The second kappa shape index (κ2) is 5.40. The Labute approximate surface area is 58.4 Å². The lowest BCUT2D eigenvalue weighted by Crippen LogP contribution is -1.72. The number of nitrogens with zero attached hydrogens (tertiary/aromatic N) is 1. The zero-order valence-corrected chi connectivity index (χ0v) is 5.85. The van der Waals surface area contributed by atoms with Crippen molar-refractivity contribution in [2.75, 3.05) is 7.11 Å². The van der Waals surface area contributed by atoms with E-state index < -0.39 is 0 Å². The second-order valence-electron chi connectivity index (χ2n) is 1.09. The van der Waals surface area contributed by atoms with Crippen LogP contribution >= 0.6 is 12.2 Å². The molecule has 0 radical (unpaired) electrons. The number of H-pyrrole nitrogens is 1. The summed E-state index contributed by atoms with van der Waals surface area (Å²) in [7, 11) is 1.00. The number of aliphatic hydroxyl groups is 1. The van der Waals surface area contributed by atoms with Crippen LogP contribution in [0.1, 0.15) is 0 Å². The Bertz CT molecular complexity index is 181. The molecule has 0 bridgehead atoms. The molecular weight excluding hydrogens is 136 g/mol. The van der Waals surface area contributed by atoms with Crippen LogP contribution in [0.4, 0.5) is 0 Å². The SMILES string of the molecule is CO.S=c1nccc[nH]1. The Morgan fingerprint density at radius 1 is 1.67 bits per heavy atom. The van der Waals surface area contributed by atoms with Crippen LogP contribution in [-0.4, -0.2) is 22.2 Å². The summed E-state index contributed by atoms with van der Waals surface area (Å²) < 4.78 is 0.530. The molecule has 0 aliphatic rings. The van der Waals surface area contributed by atoms with Crippen molar-refractivity contribution in [3.05, 3.63) is 23.2 Å². The first kappa shape index (κ1) is 8.26. The molecule has 1 rings (SSSR count). The molecule has 0 atom stereocenters. The molecule has 50 valence electrons. The van der Waals surface area contributed by atoms with Gasteiger partial charge in [0.1, 0.15) is 0 Å². The van der Waals surface area contributed by atoms with Crippen LogP contribution in [0.5, 0.6) is 0 Å². The summed E-state index contributed by atoms with van der Waals surface area (Å²) in [4.78, 5) is 6.47. The van der Waals surface area contributed by atoms with Gasteiger partial charge in [-0.3, -0.25) is 0 Å². The van der Waals surface area contributed by atoms with E-state index >= 15 is 0 Å². The van der Waals surface area contributed by atoms with Crippen LogP contribution in [0.15, 0.2) is 18.5 Å². The highest BCUT2D eigenvalue weighted by molar-refractivity contribution is 7.71. The van der Waals surface area contributed by atoms with E-state index in [2.05, 4.69) is 22.2 Å². The van der Waals surface area contributed by atoms with E-state index in [1.165, 1.54) is 0 Å². The van der Waals surface area contributed by atoms with E-state index in [1.54, 1.807) is 18.5 Å². The van der Waals surface area contributed by atoms with E-state index in [9.17, 15) is 0 Å². The van der Waals surface area contributed by atoms with Crippen molar-refractivity contribution in [1.29, 1.82) is 0 Å². The van der Waals surface area contributed by atoms with Crippen LogP contribution in [0.2, 0.25) is 0 Å². The third kappa shape index (κ3) is 3.81. The minimum absolute atomic E-state index is 0.530. The number of nitrogens with one attached hydrogen (secondary N) is 1. The molecule has 0 saturated carbocycles. The van der Waals surface area contributed by atoms with Gasteiger partial charge in [0.25, 0.3) is 0 Å². The van der Waals surface area contributed by atoms with Crippen LogP contribution < -0.4 is 0 Å². The van der Waals surface area contributed by atoms with Gasteiger partial charge in [-0.25, -0.2) is 4.98 Å². The Morgan fingerprint density at radius 3 is 2.56 bits per heavy atom. The van der Waals surface area contributed by atoms with Gasteiger partial charge in [0.15, 0.2) is 4.77 Å². The smallest absolute Gasteiger partial charge is 0.196 e. The first-order chi connectivity index (χ1) is 4.39. The molecule has 0 aromatic carbocycles. The fourth-order valence-corrected chi connectivity index (χ4v) is 0.439. The number of aromatic nitrogens is 2. The average Bonchev–Trinajstić information content (AvgIpc) is 1.94. The summed E-state index contributed by atoms with van der Waals surface area (Å²) in [6, 6.07) is 1.79. The van der Waals surface area contributed by atoms with E-state index in [4.69, 9.17) is 5.11 Å². The Kier molecular flexibility index (Phi) is 4.95. The fourth-order valence-electron chi connectivity index (χ4n) is 0.310. The number of hydrogen-bond donors (Lipinski definition) is 2. The lowest BCUT2D eigenvalue weighted by atomic mass is 10.7. The molecule has 1 heterocycles. The van der Waals surface area contributed by atoms with Crippen molar-refractivity contribution in [3.63, 3.8) is 0 Å². The Hall–Kier alpha value is -0.740. The zero-order valence-electron chi connectivity index (χ0n) is 5.03. The summed E-state index contributed by atoms with van der Waals surface area (Å²) in [5.41, 5.74) is 0. The molecule has 0 aliphatic heterocycles. The molecule has 4 heteroatoms. The van der Waals surface area contributed by atoms with Gasteiger partial charge in [-0.1, -0.05) is 0 Å².